The number of aliphatic hydroxyl groups excluding tert-OH is 1. The summed E-state index contributed by atoms with van der Waals surface area (Å²) in [6, 6.07) is 10.5. The van der Waals surface area contributed by atoms with Gasteiger partial charge < -0.3 is 15.7 Å². The van der Waals surface area contributed by atoms with Crippen LogP contribution in [0.5, 0.6) is 0 Å². The molecule has 31 heavy (non-hydrogen) atoms. The normalized spacial score (nSPS) is 13.3. The monoisotopic (exact) mass is 432 g/mol. The topological polar surface area (TPSA) is 61.4 Å². The fourth-order valence-electron chi connectivity index (χ4n) is 3.42. The van der Waals surface area contributed by atoms with Gasteiger partial charge >= 0.3 is 0 Å². The molecule has 2 rings (SSSR count). The average Bonchev–Trinajstić information content (AvgIpc) is 2.70. The molecule has 170 valence electrons. The largest absolute Gasteiger partial charge is 0.390 e. The zero-order valence-corrected chi connectivity index (χ0v) is 18.6. The Balaban J connectivity index is 2.06. The molecule has 3 N–H and O–H groups in total. The van der Waals surface area contributed by atoms with Crippen LogP contribution in [0.25, 0.3) is 0 Å². The Morgan fingerprint density at radius 1 is 1.03 bits per heavy atom. The second kappa shape index (κ2) is 12.5. The van der Waals surface area contributed by atoms with Crippen LogP contribution in [-0.4, -0.2) is 36.2 Å². The number of nitrogens with one attached hydrogen (secondary N) is 2. The molecule has 0 aliphatic carbocycles. The van der Waals surface area contributed by atoms with Crippen LogP contribution in [0.4, 0.5) is 8.78 Å². The van der Waals surface area contributed by atoms with E-state index in [-0.39, 0.29) is 25.3 Å². The minimum absolute atomic E-state index is 0.128. The van der Waals surface area contributed by atoms with Gasteiger partial charge in [-0.05, 0) is 54.1 Å². The van der Waals surface area contributed by atoms with Crippen molar-refractivity contribution in [3.8, 4) is 0 Å². The van der Waals surface area contributed by atoms with E-state index >= 15 is 0 Å². The van der Waals surface area contributed by atoms with Crippen molar-refractivity contribution >= 4 is 5.91 Å². The number of hydrogen-bond donors (Lipinski definition) is 3. The molecule has 0 bridgehead atoms. The van der Waals surface area contributed by atoms with Gasteiger partial charge in [-0.25, -0.2) is 8.78 Å². The second-order valence-electron chi connectivity index (χ2n) is 8.35. The van der Waals surface area contributed by atoms with Crippen LogP contribution in [0.3, 0.4) is 0 Å². The van der Waals surface area contributed by atoms with Crippen molar-refractivity contribution in [2.75, 3.05) is 13.1 Å². The summed E-state index contributed by atoms with van der Waals surface area (Å²) >= 11 is 0. The Hall–Kier alpha value is -2.31. The lowest BCUT2D eigenvalue weighted by Gasteiger charge is -2.25. The van der Waals surface area contributed by atoms with Gasteiger partial charge in [0.1, 0.15) is 11.6 Å². The molecule has 0 aliphatic rings. The highest BCUT2D eigenvalue weighted by atomic mass is 19.1. The maximum atomic E-state index is 13.6. The number of halogens is 2. The number of amides is 1. The van der Waals surface area contributed by atoms with Crippen LogP contribution in [-0.2, 0) is 17.6 Å². The highest BCUT2D eigenvalue weighted by Gasteiger charge is 2.22. The fraction of sp³-hybridized carbons (Fsp3) is 0.480. The molecule has 0 spiro atoms. The van der Waals surface area contributed by atoms with Crippen LogP contribution in [0.15, 0.2) is 42.5 Å². The third-order valence-corrected chi connectivity index (χ3v) is 5.26. The zero-order chi connectivity index (χ0) is 22.8. The second-order valence-corrected chi connectivity index (χ2v) is 8.35. The van der Waals surface area contributed by atoms with Crippen molar-refractivity contribution in [3.63, 3.8) is 0 Å². The predicted molar refractivity (Wildman–Crippen MR) is 120 cm³/mol. The Morgan fingerprint density at radius 3 is 2.26 bits per heavy atom. The van der Waals surface area contributed by atoms with Gasteiger partial charge in [-0.1, -0.05) is 51.5 Å². The summed E-state index contributed by atoms with van der Waals surface area (Å²) in [6.45, 7) is 7.33. The average molecular weight is 433 g/mol. The van der Waals surface area contributed by atoms with E-state index in [4.69, 9.17) is 0 Å². The van der Waals surface area contributed by atoms with Crippen molar-refractivity contribution in [1.29, 1.82) is 0 Å². The van der Waals surface area contributed by atoms with Gasteiger partial charge in [0.25, 0.3) is 0 Å². The molecule has 2 aromatic rings. The number of carbonyl (C=O) groups excluding carboxylic acids is 1. The molecule has 0 saturated heterocycles. The molecule has 0 aromatic heterocycles. The SMILES string of the molecule is CCCCNC[C@H](O)[C@H](Cc1cc(F)cc(F)c1)NC(=O)Cc1ccc(C(C)C)cc1. The Bertz CT molecular complexity index is 805. The van der Waals surface area contributed by atoms with Crippen LogP contribution in [0.1, 0.15) is 56.2 Å². The molecule has 0 heterocycles. The maximum Gasteiger partial charge on any atom is 0.224 e. The van der Waals surface area contributed by atoms with Crippen molar-refractivity contribution in [1.82, 2.24) is 10.6 Å². The number of rotatable bonds is 12. The Labute approximate surface area is 184 Å². The molecule has 2 aromatic carbocycles. The van der Waals surface area contributed by atoms with E-state index in [1.165, 1.54) is 17.7 Å². The van der Waals surface area contributed by atoms with E-state index in [0.717, 1.165) is 31.0 Å². The Morgan fingerprint density at radius 2 is 1.68 bits per heavy atom. The van der Waals surface area contributed by atoms with E-state index in [9.17, 15) is 18.7 Å². The third kappa shape index (κ3) is 8.75. The van der Waals surface area contributed by atoms with E-state index < -0.39 is 23.8 Å². The summed E-state index contributed by atoms with van der Waals surface area (Å²) in [7, 11) is 0. The van der Waals surface area contributed by atoms with Gasteiger partial charge in [0.15, 0.2) is 0 Å². The molecular formula is C25H34F2N2O2. The summed E-state index contributed by atoms with van der Waals surface area (Å²) in [5.41, 5.74) is 2.45. The van der Waals surface area contributed by atoms with Crippen LogP contribution >= 0.6 is 0 Å². The van der Waals surface area contributed by atoms with Gasteiger partial charge in [0, 0.05) is 12.6 Å². The van der Waals surface area contributed by atoms with Crippen molar-refractivity contribution in [3.05, 3.63) is 70.8 Å². The molecule has 4 nitrogen and oxygen atoms in total. The van der Waals surface area contributed by atoms with Gasteiger partial charge in [-0.3, -0.25) is 4.79 Å². The van der Waals surface area contributed by atoms with Crippen LogP contribution in [0.2, 0.25) is 0 Å². The van der Waals surface area contributed by atoms with Gasteiger partial charge in [0.2, 0.25) is 5.91 Å². The molecule has 0 fully saturated rings. The highest BCUT2D eigenvalue weighted by Crippen LogP contribution is 2.16. The summed E-state index contributed by atoms with van der Waals surface area (Å²) in [6.07, 6.45) is 1.41. The first-order valence-corrected chi connectivity index (χ1v) is 11.0. The zero-order valence-electron chi connectivity index (χ0n) is 18.6. The number of carbonyl (C=O) groups is 1. The number of unbranched alkanes of at least 4 members (excludes halogenated alkanes) is 1. The number of hydrogen-bond acceptors (Lipinski definition) is 3. The molecule has 0 saturated carbocycles. The highest BCUT2D eigenvalue weighted by molar-refractivity contribution is 5.79. The first-order valence-electron chi connectivity index (χ1n) is 11.0. The molecular weight excluding hydrogens is 398 g/mol. The van der Waals surface area contributed by atoms with Crippen molar-refractivity contribution < 1.29 is 18.7 Å². The number of aliphatic hydroxyl groups is 1. The van der Waals surface area contributed by atoms with Gasteiger partial charge in [0.05, 0.1) is 18.6 Å². The Kier molecular flexibility index (Phi) is 10.1. The summed E-state index contributed by atoms with van der Waals surface area (Å²) < 4.78 is 27.2. The van der Waals surface area contributed by atoms with Crippen LogP contribution in [0, 0.1) is 11.6 Å². The molecule has 6 heteroatoms. The molecule has 1 amide bonds. The minimum atomic E-state index is -0.893. The maximum absolute atomic E-state index is 13.6. The quantitative estimate of drug-likeness (QED) is 0.443. The first-order chi connectivity index (χ1) is 14.8. The fourth-order valence-corrected chi connectivity index (χ4v) is 3.42. The third-order valence-electron chi connectivity index (χ3n) is 5.26. The smallest absolute Gasteiger partial charge is 0.224 e. The minimum Gasteiger partial charge on any atom is -0.390 e. The molecule has 0 aliphatic heterocycles. The van der Waals surface area contributed by atoms with Crippen LogP contribution < -0.4 is 10.6 Å². The first kappa shape index (κ1) is 25.0. The van der Waals surface area contributed by atoms with E-state index in [1.807, 2.05) is 24.3 Å². The van der Waals surface area contributed by atoms with Crippen molar-refractivity contribution in [2.24, 2.45) is 0 Å². The van der Waals surface area contributed by atoms with E-state index in [0.29, 0.717) is 11.5 Å². The molecule has 2 atom stereocenters. The standard InChI is InChI=1S/C25H34F2N2O2/c1-4-5-10-28-16-24(30)23(13-19-11-21(26)15-22(27)12-19)29-25(31)14-18-6-8-20(9-7-18)17(2)3/h6-9,11-12,15,17,23-24,28,30H,4-5,10,13-14,16H2,1-3H3,(H,29,31)/t23-,24-/m0/s1. The molecule has 0 radical (unpaired) electrons. The number of benzene rings is 2. The predicted octanol–water partition coefficient (Wildman–Crippen LogP) is 4.11. The van der Waals surface area contributed by atoms with E-state index in [1.54, 1.807) is 0 Å². The van der Waals surface area contributed by atoms with Crippen molar-refractivity contribution in [2.45, 2.75) is 64.5 Å². The lowest BCUT2D eigenvalue weighted by molar-refractivity contribution is -0.122. The lowest BCUT2D eigenvalue weighted by Crippen LogP contribution is -2.49. The summed E-state index contributed by atoms with van der Waals surface area (Å²) in [5, 5.41) is 16.7. The van der Waals surface area contributed by atoms with Gasteiger partial charge in [-0.15, -0.1) is 0 Å². The summed E-state index contributed by atoms with van der Waals surface area (Å²) in [5.74, 6) is -1.19. The van der Waals surface area contributed by atoms with E-state index in [2.05, 4.69) is 31.4 Å². The summed E-state index contributed by atoms with van der Waals surface area (Å²) in [4.78, 5) is 12.7. The van der Waals surface area contributed by atoms with Gasteiger partial charge in [-0.2, -0.15) is 0 Å². The lowest BCUT2D eigenvalue weighted by atomic mass is 9.99. The molecule has 0 unspecified atom stereocenters.